The summed E-state index contributed by atoms with van der Waals surface area (Å²) in [6.07, 6.45) is 1.29. The van der Waals surface area contributed by atoms with Gasteiger partial charge in [-0.1, -0.05) is 12.8 Å². The Morgan fingerprint density at radius 2 is 2.00 bits per heavy atom. The molecule has 3 N–H and O–H groups in total. The number of aliphatic hydroxyl groups is 1. The van der Waals surface area contributed by atoms with E-state index in [2.05, 4.69) is 5.32 Å². The van der Waals surface area contributed by atoms with Crippen molar-refractivity contribution in [1.82, 2.24) is 10.2 Å². The molecule has 0 bridgehead atoms. The minimum Gasteiger partial charge on any atom is -0.481 e. The van der Waals surface area contributed by atoms with Crippen molar-refractivity contribution in [2.75, 3.05) is 6.54 Å². The van der Waals surface area contributed by atoms with Crippen molar-refractivity contribution < 1.29 is 24.6 Å². The molecule has 7 heteroatoms. The number of carboxylic acid groups (broad SMARTS) is 1. The quantitative estimate of drug-likeness (QED) is 0.598. The average Bonchev–Trinajstić information content (AvgIpc) is 2.80. The van der Waals surface area contributed by atoms with Crippen molar-refractivity contribution in [1.29, 1.82) is 0 Å². The summed E-state index contributed by atoms with van der Waals surface area (Å²) in [7, 11) is 0. The zero-order valence-corrected chi connectivity index (χ0v) is 9.89. The van der Waals surface area contributed by atoms with E-state index in [4.69, 9.17) is 5.11 Å². The lowest BCUT2D eigenvalue weighted by molar-refractivity contribution is -0.140. The summed E-state index contributed by atoms with van der Waals surface area (Å²) in [4.78, 5) is 35.2. The van der Waals surface area contributed by atoms with E-state index in [9.17, 15) is 19.5 Å². The van der Waals surface area contributed by atoms with Crippen LogP contribution in [0.3, 0.4) is 0 Å². The van der Waals surface area contributed by atoms with Crippen LogP contribution in [0.15, 0.2) is 0 Å². The maximum absolute atomic E-state index is 12.1. The summed E-state index contributed by atoms with van der Waals surface area (Å²) in [5, 5.41) is 20.7. The third kappa shape index (κ3) is 2.17. The Hall–Kier alpha value is -1.63. The number of imide groups is 1. The van der Waals surface area contributed by atoms with Gasteiger partial charge in [-0.2, -0.15) is 0 Å². The zero-order chi connectivity index (χ0) is 13.3. The van der Waals surface area contributed by atoms with Gasteiger partial charge < -0.3 is 15.5 Å². The molecule has 18 heavy (non-hydrogen) atoms. The third-order valence-electron chi connectivity index (χ3n) is 3.51. The van der Waals surface area contributed by atoms with Gasteiger partial charge in [-0.15, -0.1) is 0 Å². The number of β-amino-alcohol motifs (C(OH)–C–C–N with tert-alkyl or cyclic N) is 1. The van der Waals surface area contributed by atoms with Crippen LogP contribution >= 0.6 is 0 Å². The van der Waals surface area contributed by atoms with Gasteiger partial charge in [0.25, 0.3) is 5.91 Å². The SMILES string of the molecule is O=C(O)CC(O)CN1C(=O)NC2(CCCC2)C1=O. The standard InChI is InChI=1S/C11H16N2O5/c14-7(5-8(15)16)6-13-9(17)11(12-10(13)18)3-1-2-4-11/h7,14H,1-6H2,(H,12,18)(H,15,16). The molecule has 0 radical (unpaired) electrons. The van der Waals surface area contributed by atoms with E-state index < -0.39 is 30.1 Å². The molecule has 100 valence electrons. The summed E-state index contributed by atoms with van der Waals surface area (Å²) in [5.41, 5.74) is -0.806. The minimum absolute atomic E-state index is 0.265. The van der Waals surface area contributed by atoms with Crippen molar-refractivity contribution in [3.05, 3.63) is 0 Å². The Morgan fingerprint density at radius 3 is 2.56 bits per heavy atom. The molecule has 1 atom stereocenters. The Balaban J connectivity index is 2.03. The van der Waals surface area contributed by atoms with Gasteiger partial charge in [0.05, 0.1) is 19.1 Å². The van der Waals surface area contributed by atoms with Crippen molar-refractivity contribution in [2.45, 2.75) is 43.7 Å². The van der Waals surface area contributed by atoms with Crippen molar-refractivity contribution in [3.8, 4) is 0 Å². The maximum Gasteiger partial charge on any atom is 0.325 e. The van der Waals surface area contributed by atoms with Crippen LogP contribution in [0.1, 0.15) is 32.1 Å². The number of urea groups is 1. The lowest BCUT2D eigenvalue weighted by atomic mass is 9.98. The molecule has 1 heterocycles. The number of carboxylic acids is 1. The lowest BCUT2D eigenvalue weighted by Gasteiger charge is -2.21. The maximum atomic E-state index is 12.1. The molecule has 1 aliphatic heterocycles. The van der Waals surface area contributed by atoms with Gasteiger partial charge in [-0.3, -0.25) is 14.5 Å². The molecule has 1 saturated carbocycles. The highest BCUT2D eigenvalue weighted by molar-refractivity contribution is 6.07. The van der Waals surface area contributed by atoms with Crippen LogP contribution < -0.4 is 5.32 Å². The fourth-order valence-corrected chi connectivity index (χ4v) is 2.64. The fraction of sp³-hybridized carbons (Fsp3) is 0.727. The van der Waals surface area contributed by atoms with Gasteiger partial charge in [0.1, 0.15) is 5.54 Å². The molecule has 0 aromatic carbocycles. The number of aliphatic hydroxyl groups excluding tert-OH is 1. The number of rotatable bonds is 4. The van der Waals surface area contributed by atoms with E-state index in [1.54, 1.807) is 0 Å². The molecule has 7 nitrogen and oxygen atoms in total. The van der Waals surface area contributed by atoms with Gasteiger partial charge in [0, 0.05) is 0 Å². The number of hydrogen-bond acceptors (Lipinski definition) is 4. The number of aliphatic carboxylic acids is 1. The summed E-state index contributed by atoms with van der Waals surface area (Å²) in [6, 6.07) is -0.536. The monoisotopic (exact) mass is 256 g/mol. The number of amides is 3. The number of nitrogens with one attached hydrogen (secondary N) is 1. The second-order valence-electron chi connectivity index (χ2n) is 4.89. The average molecular weight is 256 g/mol. The topological polar surface area (TPSA) is 107 Å². The highest BCUT2D eigenvalue weighted by Gasteiger charge is 2.52. The van der Waals surface area contributed by atoms with Crippen LogP contribution in [0.25, 0.3) is 0 Å². The molecular weight excluding hydrogens is 240 g/mol. The second kappa shape index (κ2) is 4.56. The van der Waals surface area contributed by atoms with E-state index >= 15 is 0 Å². The summed E-state index contributed by atoms with van der Waals surface area (Å²) in [6.45, 7) is -0.265. The molecule has 0 aromatic rings. The van der Waals surface area contributed by atoms with Gasteiger partial charge in [0.15, 0.2) is 0 Å². The molecule has 2 rings (SSSR count). The van der Waals surface area contributed by atoms with Crippen molar-refractivity contribution >= 4 is 17.9 Å². The van der Waals surface area contributed by atoms with Gasteiger partial charge in [-0.05, 0) is 12.8 Å². The number of hydrogen-bond donors (Lipinski definition) is 3. The summed E-state index contributed by atoms with van der Waals surface area (Å²) < 4.78 is 0. The molecule has 2 fully saturated rings. The lowest BCUT2D eigenvalue weighted by Crippen LogP contribution is -2.44. The second-order valence-corrected chi connectivity index (χ2v) is 4.89. The summed E-state index contributed by atoms with van der Waals surface area (Å²) in [5.74, 6) is -1.50. The molecule has 3 amide bonds. The van der Waals surface area contributed by atoms with E-state index in [0.29, 0.717) is 12.8 Å². The van der Waals surface area contributed by atoms with Crippen LogP contribution in [0, 0.1) is 0 Å². The van der Waals surface area contributed by atoms with Crippen LogP contribution in [-0.2, 0) is 9.59 Å². The van der Waals surface area contributed by atoms with Gasteiger partial charge in [-0.25, -0.2) is 4.79 Å². The molecule has 1 spiro atoms. The minimum atomic E-state index is -1.23. The van der Waals surface area contributed by atoms with E-state index in [1.165, 1.54) is 0 Å². The molecule has 0 aromatic heterocycles. The third-order valence-corrected chi connectivity index (χ3v) is 3.51. The predicted molar refractivity (Wildman–Crippen MR) is 59.7 cm³/mol. The molecule has 1 unspecified atom stereocenters. The van der Waals surface area contributed by atoms with E-state index in [1.807, 2.05) is 0 Å². The fourth-order valence-electron chi connectivity index (χ4n) is 2.64. The first-order chi connectivity index (χ1) is 8.44. The van der Waals surface area contributed by atoms with Gasteiger partial charge >= 0.3 is 12.0 Å². The number of nitrogens with zero attached hydrogens (tertiary/aromatic N) is 1. The van der Waals surface area contributed by atoms with Crippen LogP contribution in [0.5, 0.6) is 0 Å². The molecule has 2 aliphatic rings. The normalized spacial score (nSPS) is 23.5. The number of carbonyl (C=O) groups excluding carboxylic acids is 2. The highest BCUT2D eigenvalue weighted by atomic mass is 16.4. The molecule has 1 aliphatic carbocycles. The predicted octanol–water partition coefficient (Wildman–Crippen LogP) is -0.313. The molecular formula is C11H16N2O5. The highest BCUT2D eigenvalue weighted by Crippen LogP contribution is 2.35. The summed E-state index contributed by atoms with van der Waals surface area (Å²) >= 11 is 0. The Labute approximate surface area is 104 Å². The Kier molecular flexibility index (Phi) is 3.25. The first-order valence-electron chi connectivity index (χ1n) is 5.98. The van der Waals surface area contributed by atoms with Crippen LogP contribution in [0.4, 0.5) is 4.79 Å². The van der Waals surface area contributed by atoms with Gasteiger partial charge in [0.2, 0.25) is 0 Å². The number of carbonyl (C=O) groups is 3. The van der Waals surface area contributed by atoms with E-state index in [0.717, 1.165) is 17.7 Å². The Morgan fingerprint density at radius 1 is 1.39 bits per heavy atom. The smallest absolute Gasteiger partial charge is 0.325 e. The molecule has 1 saturated heterocycles. The zero-order valence-electron chi connectivity index (χ0n) is 9.89. The van der Waals surface area contributed by atoms with Crippen molar-refractivity contribution in [3.63, 3.8) is 0 Å². The Bertz CT molecular complexity index is 389. The van der Waals surface area contributed by atoms with E-state index in [-0.39, 0.29) is 12.5 Å². The largest absolute Gasteiger partial charge is 0.481 e. The van der Waals surface area contributed by atoms with Crippen LogP contribution in [0.2, 0.25) is 0 Å². The first-order valence-corrected chi connectivity index (χ1v) is 5.98. The van der Waals surface area contributed by atoms with Crippen molar-refractivity contribution in [2.24, 2.45) is 0 Å². The van der Waals surface area contributed by atoms with Crippen LogP contribution in [-0.4, -0.2) is 51.2 Å². The first kappa shape index (κ1) is 12.8.